The zero-order valence-electron chi connectivity index (χ0n) is 16.9. The van der Waals surface area contributed by atoms with Crippen LogP contribution in [0.2, 0.25) is 0 Å². The van der Waals surface area contributed by atoms with E-state index in [9.17, 15) is 8.78 Å². The summed E-state index contributed by atoms with van der Waals surface area (Å²) in [6.45, 7) is 4.15. The Morgan fingerprint density at radius 2 is 1.81 bits per heavy atom. The van der Waals surface area contributed by atoms with Gasteiger partial charge in [0.15, 0.2) is 11.6 Å². The molecule has 3 rings (SSSR count). The fourth-order valence-electron chi connectivity index (χ4n) is 4.93. The van der Waals surface area contributed by atoms with Crippen LogP contribution in [0.5, 0.6) is 0 Å². The van der Waals surface area contributed by atoms with E-state index in [1.165, 1.54) is 19.3 Å². The lowest BCUT2D eigenvalue weighted by Gasteiger charge is -2.32. The quantitative estimate of drug-likeness (QED) is 0.461. The van der Waals surface area contributed by atoms with E-state index in [1.807, 2.05) is 25.1 Å². The second-order valence-corrected chi connectivity index (χ2v) is 8.32. The normalized spacial score (nSPS) is 28.9. The van der Waals surface area contributed by atoms with Crippen LogP contribution in [0, 0.1) is 17.6 Å². The van der Waals surface area contributed by atoms with E-state index < -0.39 is 11.6 Å². The van der Waals surface area contributed by atoms with E-state index in [0.717, 1.165) is 38.5 Å². The molecule has 1 aliphatic carbocycles. The van der Waals surface area contributed by atoms with Gasteiger partial charge in [-0.15, -0.1) is 0 Å². The lowest BCUT2D eigenvalue weighted by Crippen LogP contribution is -2.26. The first-order valence-electron chi connectivity index (χ1n) is 10.9. The summed E-state index contributed by atoms with van der Waals surface area (Å²) in [6.07, 6.45) is 14.8. The minimum absolute atomic E-state index is 0.146. The number of ether oxygens (including phenoxy) is 1. The number of hydrogen-bond donors (Lipinski definition) is 0. The Kier molecular flexibility index (Phi) is 7.46. The van der Waals surface area contributed by atoms with Crippen molar-refractivity contribution in [2.75, 3.05) is 0 Å². The van der Waals surface area contributed by atoms with Gasteiger partial charge in [0.25, 0.3) is 0 Å². The Balaban J connectivity index is 1.57. The van der Waals surface area contributed by atoms with Crippen molar-refractivity contribution in [1.29, 1.82) is 0 Å². The molecule has 27 heavy (non-hydrogen) atoms. The van der Waals surface area contributed by atoms with Crippen molar-refractivity contribution >= 4 is 0 Å². The van der Waals surface area contributed by atoms with Crippen LogP contribution in [0.3, 0.4) is 0 Å². The van der Waals surface area contributed by atoms with Crippen LogP contribution in [-0.2, 0) is 11.2 Å². The van der Waals surface area contributed by atoms with Gasteiger partial charge in [0.05, 0.1) is 12.2 Å². The largest absolute Gasteiger partial charge is 0.375 e. The summed E-state index contributed by atoms with van der Waals surface area (Å²) in [7, 11) is 0. The Morgan fingerprint density at radius 1 is 1.04 bits per heavy atom. The standard InChI is InChI=1S/C24H34F2O/c1-3-5-6-8-19-13-15-21(24(26)23(19)25)17-9-11-18(12-10-17)22-16-14-20(27-22)7-4-2/h3,5,13,15,17-18,20,22H,4,6-12,14,16H2,1-2H3. The highest BCUT2D eigenvalue weighted by Crippen LogP contribution is 2.42. The SMILES string of the molecule is CC=CCCc1ccc(C2CCC(C3CCC(CCC)O3)CC2)c(F)c1F. The first kappa shape index (κ1) is 20.5. The molecule has 0 amide bonds. The molecule has 150 valence electrons. The summed E-state index contributed by atoms with van der Waals surface area (Å²) >= 11 is 0. The third kappa shape index (κ3) is 4.99. The van der Waals surface area contributed by atoms with Gasteiger partial charge < -0.3 is 4.74 Å². The second kappa shape index (κ2) is 9.82. The molecule has 2 aliphatic rings. The first-order valence-corrected chi connectivity index (χ1v) is 10.9. The highest BCUT2D eigenvalue weighted by atomic mass is 19.2. The predicted octanol–water partition coefficient (Wildman–Crippen LogP) is 7.10. The number of hydrogen-bond acceptors (Lipinski definition) is 1. The van der Waals surface area contributed by atoms with Crippen molar-refractivity contribution in [1.82, 2.24) is 0 Å². The molecular formula is C24H34F2O. The second-order valence-electron chi connectivity index (χ2n) is 8.32. The van der Waals surface area contributed by atoms with Crippen molar-refractivity contribution < 1.29 is 13.5 Å². The number of allylic oxidation sites excluding steroid dienone is 2. The summed E-state index contributed by atoms with van der Waals surface area (Å²) in [5.74, 6) is -0.512. The van der Waals surface area contributed by atoms with Gasteiger partial charge in [0.1, 0.15) is 0 Å². The molecule has 0 bridgehead atoms. The molecule has 1 nitrogen and oxygen atoms in total. The van der Waals surface area contributed by atoms with Crippen LogP contribution in [0.1, 0.15) is 88.7 Å². The topological polar surface area (TPSA) is 9.23 Å². The fourth-order valence-corrected chi connectivity index (χ4v) is 4.93. The molecule has 2 fully saturated rings. The van der Waals surface area contributed by atoms with Gasteiger partial charge in [-0.05, 0) is 87.7 Å². The molecule has 0 aromatic heterocycles. The third-order valence-electron chi connectivity index (χ3n) is 6.50. The Morgan fingerprint density at radius 3 is 2.52 bits per heavy atom. The van der Waals surface area contributed by atoms with E-state index in [2.05, 4.69) is 6.92 Å². The number of halogens is 2. The lowest BCUT2D eigenvalue weighted by molar-refractivity contribution is -0.00435. The van der Waals surface area contributed by atoms with Gasteiger partial charge in [0.2, 0.25) is 0 Å². The molecule has 1 saturated heterocycles. The number of aryl methyl sites for hydroxylation is 1. The van der Waals surface area contributed by atoms with E-state index in [4.69, 9.17) is 4.74 Å². The molecule has 2 unspecified atom stereocenters. The Bertz CT molecular complexity index is 632. The van der Waals surface area contributed by atoms with Crippen LogP contribution in [0.25, 0.3) is 0 Å². The zero-order chi connectivity index (χ0) is 19.2. The van der Waals surface area contributed by atoms with Crippen molar-refractivity contribution in [3.63, 3.8) is 0 Å². The predicted molar refractivity (Wildman–Crippen MR) is 107 cm³/mol. The van der Waals surface area contributed by atoms with Crippen LogP contribution >= 0.6 is 0 Å². The molecule has 1 aliphatic heterocycles. The van der Waals surface area contributed by atoms with E-state index in [-0.39, 0.29) is 5.92 Å². The highest BCUT2D eigenvalue weighted by molar-refractivity contribution is 5.29. The molecular weight excluding hydrogens is 342 g/mol. The highest BCUT2D eigenvalue weighted by Gasteiger charge is 2.34. The number of benzene rings is 1. The minimum Gasteiger partial charge on any atom is -0.375 e. The average molecular weight is 377 g/mol. The van der Waals surface area contributed by atoms with Gasteiger partial charge in [0, 0.05) is 0 Å². The zero-order valence-corrected chi connectivity index (χ0v) is 16.9. The molecule has 2 atom stereocenters. The van der Waals surface area contributed by atoms with Crippen LogP contribution in [-0.4, -0.2) is 12.2 Å². The third-order valence-corrected chi connectivity index (χ3v) is 6.50. The molecule has 0 radical (unpaired) electrons. The van der Waals surface area contributed by atoms with Crippen molar-refractivity contribution in [2.24, 2.45) is 5.92 Å². The maximum Gasteiger partial charge on any atom is 0.162 e. The monoisotopic (exact) mass is 376 g/mol. The average Bonchev–Trinajstić information content (AvgIpc) is 3.15. The lowest BCUT2D eigenvalue weighted by atomic mass is 9.76. The van der Waals surface area contributed by atoms with E-state index in [1.54, 1.807) is 6.07 Å². The molecule has 0 N–H and O–H groups in total. The fraction of sp³-hybridized carbons (Fsp3) is 0.667. The van der Waals surface area contributed by atoms with Gasteiger partial charge >= 0.3 is 0 Å². The van der Waals surface area contributed by atoms with E-state index >= 15 is 0 Å². The summed E-state index contributed by atoms with van der Waals surface area (Å²) in [6, 6.07) is 3.62. The first-order chi connectivity index (χ1) is 13.1. The van der Waals surface area contributed by atoms with E-state index in [0.29, 0.717) is 35.7 Å². The van der Waals surface area contributed by atoms with Crippen molar-refractivity contribution in [2.45, 2.75) is 96.2 Å². The maximum atomic E-state index is 14.7. The van der Waals surface area contributed by atoms with Crippen LogP contribution in [0.4, 0.5) is 8.78 Å². The Hall–Kier alpha value is -1.22. The van der Waals surface area contributed by atoms with Gasteiger partial charge in [-0.25, -0.2) is 8.78 Å². The summed E-state index contributed by atoms with van der Waals surface area (Å²) in [5, 5.41) is 0. The molecule has 1 aromatic carbocycles. The molecule has 1 saturated carbocycles. The molecule has 1 aromatic rings. The number of rotatable bonds is 7. The molecule has 3 heteroatoms. The maximum absolute atomic E-state index is 14.7. The Labute approximate surface area is 163 Å². The van der Waals surface area contributed by atoms with Gasteiger partial charge in [-0.3, -0.25) is 0 Å². The van der Waals surface area contributed by atoms with Gasteiger partial charge in [-0.1, -0.05) is 37.6 Å². The summed E-state index contributed by atoms with van der Waals surface area (Å²) in [5.41, 5.74) is 1.07. The van der Waals surface area contributed by atoms with Crippen molar-refractivity contribution in [3.8, 4) is 0 Å². The van der Waals surface area contributed by atoms with Crippen molar-refractivity contribution in [3.05, 3.63) is 47.0 Å². The summed E-state index contributed by atoms with van der Waals surface area (Å²) < 4.78 is 35.4. The smallest absolute Gasteiger partial charge is 0.162 e. The molecule has 1 heterocycles. The molecule has 0 spiro atoms. The van der Waals surface area contributed by atoms with Crippen LogP contribution < -0.4 is 0 Å². The minimum atomic E-state index is -0.638. The van der Waals surface area contributed by atoms with Gasteiger partial charge in [-0.2, -0.15) is 0 Å². The van der Waals surface area contributed by atoms with Crippen LogP contribution in [0.15, 0.2) is 24.3 Å². The summed E-state index contributed by atoms with van der Waals surface area (Å²) in [4.78, 5) is 0.